The molecule has 0 spiro atoms. The van der Waals surface area contributed by atoms with Crippen molar-refractivity contribution >= 4 is 43.2 Å². The van der Waals surface area contributed by atoms with Crippen molar-refractivity contribution in [3.8, 4) is 18.1 Å². The Kier molecular flexibility index (Phi) is 6.39. The van der Waals surface area contributed by atoms with Crippen LogP contribution >= 0.6 is 11.3 Å². The molecule has 1 aromatic heterocycles. The quantitative estimate of drug-likeness (QED) is 0.359. The van der Waals surface area contributed by atoms with Crippen molar-refractivity contribution in [3.05, 3.63) is 82.7 Å². The highest BCUT2D eigenvalue weighted by molar-refractivity contribution is 7.92. The van der Waals surface area contributed by atoms with E-state index in [1.807, 2.05) is 49.4 Å². The van der Waals surface area contributed by atoms with Crippen LogP contribution in [0.25, 0.3) is 10.2 Å². The Morgan fingerprint density at radius 1 is 1.14 bits per heavy atom. The Bertz CT molecular complexity index is 1680. The van der Waals surface area contributed by atoms with E-state index in [1.54, 1.807) is 4.57 Å². The van der Waals surface area contributed by atoms with E-state index in [9.17, 15) is 13.2 Å². The van der Waals surface area contributed by atoms with Gasteiger partial charge < -0.3 is 9.30 Å². The molecule has 0 fully saturated rings. The third-order valence-electron chi connectivity index (χ3n) is 5.95. The summed E-state index contributed by atoms with van der Waals surface area (Å²) >= 11 is 1.34. The Morgan fingerprint density at radius 3 is 2.67 bits per heavy atom. The number of thiazole rings is 1. The largest absolute Gasteiger partial charge is 0.494 e. The van der Waals surface area contributed by atoms with Gasteiger partial charge in [-0.25, -0.2) is 8.42 Å². The molecule has 0 unspecified atom stereocenters. The lowest BCUT2D eigenvalue weighted by molar-refractivity contribution is 0.0998. The molecular weight excluding hydrogens is 494 g/mol. The Hall–Kier alpha value is -3.87. The average Bonchev–Trinajstić information content (AvgIpc) is 3.46. The van der Waals surface area contributed by atoms with Gasteiger partial charge in [-0.3, -0.25) is 9.10 Å². The average molecular weight is 518 g/mol. The minimum atomic E-state index is -3.74. The third-order valence-corrected chi connectivity index (χ3v) is 8.81. The van der Waals surface area contributed by atoms with Gasteiger partial charge in [0.1, 0.15) is 5.75 Å². The Balaban J connectivity index is 1.46. The molecule has 1 amide bonds. The first-order valence-corrected chi connectivity index (χ1v) is 13.7. The van der Waals surface area contributed by atoms with E-state index in [4.69, 9.17) is 11.2 Å². The van der Waals surface area contributed by atoms with Gasteiger partial charge in [-0.1, -0.05) is 35.5 Å². The Morgan fingerprint density at radius 2 is 1.92 bits per heavy atom. The summed E-state index contributed by atoms with van der Waals surface area (Å²) in [5.74, 6) is 2.86. The van der Waals surface area contributed by atoms with Crippen LogP contribution in [0.4, 0.5) is 5.69 Å². The van der Waals surface area contributed by atoms with Crippen molar-refractivity contribution in [1.29, 1.82) is 0 Å². The molecule has 7 nitrogen and oxygen atoms in total. The second-order valence-electron chi connectivity index (χ2n) is 8.13. The molecule has 1 aliphatic rings. The highest BCUT2D eigenvalue weighted by atomic mass is 32.2. The first-order chi connectivity index (χ1) is 17.4. The van der Waals surface area contributed by atoms with E-state index in [0.717, 1.165) is 21.5 Å². The molecular formula is C27H23N3O4S2. The number of fused-ring (bicyclic) bond motifs is 2. The number of carbonyl (C=O) groups excluding carboxylic acids is 1. The lowest BCUT2D eigenvalue weighted by atomic mass is 10.2. The van der Waals surface area contributed by atoms with Crippen LogP contribution in [0.2, 0.25) is 0 Å². The predicted molar refractivity (Wildman–Crippen MR) is 141 cm³/mol. The van der Waals surface area contributed by atoms with Crippen molar-refractivity contribution in [2.45, 2.75) is 24.8 Å². The second-order valence-corrected chi connectivity index (χ2v) is 11.0. The summed E-state index contributed by atoms with van der Waals surface area (Å²) in [7, 11) is -3.74. The molecule has 1 aliphatic heterocycles. The topological polar surface area (TPSA) is 81.0 Å². The number of hydrogen-bond donors (Lipinski definition) is 0. The minimum absolute atomic E-state index is 0.128. The summed E-state index contributed by atoms with van der Waals surface area (Å²) in [4.78, 5) is 17.9. The number of benzene rings is 3. The number of para-hydroxylation sites is 1. The zero-order valence-electron chi connectivity index (χ0n) is 19.5. The van der Waals surface area contributed by atoms with Crippen LogP contribution in [0, 0.1) is 12.3 Å². The lowest BCUT2D eigenvalue weighted by Crippen LogP contribution is -2.29. The highest BCUT2D eigenvalue weighted by Gasteiger charge is 2.30. The summed E-state index contributed by atoms with van der Waals surface area (Å²) in [6.07, 6.45) is 6.23. The molecule has 0 atom stereocenters. The third kappa shape index (κ3) is 4.30. The van der Waals surface area contributed by atoms with Crippen LogP contribution in [0.3, 0.4) is 0 Å². The number of terminal acetylenes is 1. The summed E-state index contributed by atoms with van der Waals surface area (Å²) in [6, 6.07) is 19.0. The zero-order chi connectivity index (χ0) is 25.3. The van der Waals surface area contributed by atoms with Gasteiger partial charge in [0.25, 0.3) is 15.9 Å². The molecule has 5 rings (SSSR count). The van der Waals surface area contributed by atoms with Gasteiger partial charge in [-0.05, 0) is 67.4 Å². The van der Waals surface area contributed by atoms with Crippen LogP contribution in [-0.2, 0) is 23.0 Å². The van der Waals surface area contributed by atoms with E-state index in [1.165, 1.54) is 39.9 Å². The van der Waals surface area contributed by atoms with Gasteiger partial charge in [0.2, 0.25) is 0 Å². The second kappa shape index (κ2) is 9.64. The Labute approximate surface area is 213 Å². The van der Waals surface area contributed by atoms with Gasteiger partial charge >= 0.3 is 0 Å². The van der Waals surface area contributed by atoms with Crippen LogP contribution in [0.15, 0.2) is 76.6 Å². The molecule has 2 heterocycles. The number of nitrogens with zero attached hydrogens (tertiary/aromatic N) is 3. The predicted octanol–water partition coefficient (Wildman–Crippen LogP) is 4.23. The van der Waals surface area contributed by atoms with E-state index in [0.29, 0.717) is 30.1 Å². The van der Waals surface area contributed by atoms with Crippen molar-refractivity contribution in [2.24, 2.45) is 4.99 Å². The molecule has 3 aromatic carbocycles. The van der Waals surface area contributed by atoms with Gasteiger partial charge in [-0.15, -0.1) is 6.42 Å². The number of ether oxygens (including phenoxy) is 1. The molecule has 0 N–H and O–H groups in total. The van der Waals surface area contributed by atoms with E-state index in [-0.39, 0.29) is 17.0 Å². The van der Waals surface area contributed by atoms with E-state index in [2.05, 4.69) is 10.9 Å². The van der Waals surface area contributed by atoms with E-state index < -0.39 is 15.9 Å². The van der Waals surface area contributed by atoms with Gasteiger partial charge in [0.05, 0.1) is 34.0 Å². The summed E-state index contributed by atoms with van der Waals surface area (Å²) in [5, 5.41) is 0. The monoisotopic (exact) mass is 517 g/mol. The normalized spacial score (nSPS) is 13.6. The van der Waals surface area contributed by atoms with Gasteiger partial charge in [0.15, 0.2) is 4.80 Å². The molecule has 0 aliphatic carbocycles. The summed E-state index contributed by atoms with van der Waals surface area (Å²) in [6.45, 7) is 3.11. The minimum Gasteiger partial charge on any atom is -0.494 e. The van der Waals surface area contributed by atoms with Crippen LogP contribution < -0.4 is 13.8 Å². The first kappa shape index (κ1) is 23.9. The fraction of sp³-hybridized carbons (Fsp3) is 0.185. The van der Waals surface area contributed by atoms with Crippen molar-refractivity contribution in [3.63, 3.8) is 0 Å². The summed E-state index contributed by atoms with van der Waals surface area (Å²) in [5.41, 5.74) is 2.85. The molecule has 0 bridgehead atoms. The van der Waals surface area contributed by atoms with Crippen molar-refractivity contribution in [1.82, 2.24) is 4.57 Å². The molecule has 0 radical (unpaired) electrons. The summed E-state index contributed by atoms with van der Waals surface area (Å²) < 4.78 is 36.2. The molecule has 4 aromatic rings. The first-order valence-electron chi connectivity index (χ1n) is 11.4. The maximum atomic E-state index is 13.2. The van der Waals surface area contributed by atoms with Crippen LogP contribution in [0.5, 0.6) is 5.75 Å². The standard InChI is InChI=1S/C27H23N3O4S2/c1-3-16-29-24-14-11-21(34-4-2)18-25(24)35-27(29)28-26(31)20-9-12-22(13-10-20)36(32,33)30-17-15-19-7-5-6-8-23(19)30/h1,5-14,18H,4,15-17H2,2H3. The number of amides is 1. The number of rotatable bonds is 6. The van der Waals surface area contributed by atoms with Crippen molar-refractivity contribution in [2.75, 3.05) is 17.5 Å². The van der Waals surface area contributed by atoms with Crippen LogP contribution in [0.1, 0.15) is 22.8 Å². The van der Waals surface area contributed by atoms with Crippen LogP contribution in [-0.4, -0.2) is 32.0 Å². The molecule has 0 saturated carbocycles. The number of sulfonamides is 1. The molecule has 36 heavy (non-hydrogen) atoms. The SMILES string of the molecule is C#CCn1c(=NC(=O)c2ccc(S(=O)(=O)N3CCc4ccccc43)cc2)sc2cc(OCC)ccc21. The fourth-order valence-corrected chi connectivity index (χ4v) is 6.80. The fourth-order valence-electron chi connectivity index (χ4n) is 4.25. The molecule has 9 heteroatoms. The number of hydrogen-bond acceptors (Lipinski definition) is 5. The van der Waals surface area contributed by atoms with Gasteiger partial charge in [-0.2, -0.15) is 4.99 Å². The molecule has 182 valence electrons. The maximum absolute atomic E-state index is 13.2. The number of aromatic nitrogens is 1. The smallest absolute Gasteiger partial charge is 0.279 e. The van der Waals surface area contributed by atoms with E-state index >= 15 is 0 Å². The maximum Gasteiger partial charge on any atom is 0.279 e. The number of anilines is 1. The van der Waals surface area contributed by atoms with Crippen molar-refractivity contribution < 1.29 is 17.9 Å². The number of carbonyl (C=O) groups is 1. The zero-order valence-corrected chi connectivity index (χ0v) is 21.2. The lowest BCUT2D eigenvalue weighted by Gasteiger charge is -2.19. The van der Waals surface area contributed by atoms with Gasteiger partial charge in [0, 0.05) is 12.1 Å². The molecule has 0 saturated heterocycles. The highest BCUT2D eigenvalue weighted by Crippen LogP contribution is 2.32.